The Hall–Kier alpha value is -2.76. The zero-order chi connectivity index (χ0) is 18.8. The van der Waals surface area contributed by atoms with E-state index in [2.05, 4.69) is 24.4 Å². The topological polar surface area (TPSA) is 63.9 Å². The standard InChI is InChI=1S/C21H25N5O/c1-15-16(2)24-20-13-17(6-7-19(20)23-15)21(27)26-10-4-3-5-18(26)8-11-25-12-9-22-14-25/h6-7,9,12-14,18H,3-5,8,10-11H2,1-2H3/t18-/m0/s1. The smallest absolute Gasteiger partial charge is 0.254 e. The second kappa shape index (κ2) is 7.47. The molecule has 0 spiro atoms. The summed E-state index contributed by atoms with van der Waals surface area (Å²) in [6.07, 6.45) is 9.87. The maximum atomic E-state index is 13.2. The van der Waals surface area contributed by atoms with Crippen LogP contribution in [-0.4, -0.2) is 42.9 Å². The number of hydrogen-bond acceptors (Lipinski definition) is 4. The molecule has 1 aliphatic rings. The summed E-state index contributed by atoms with van der Waals surface area (Å²) in [5.41, 5.74) is 4.16. The van der Waals surface area contributed by atoms with Gasteiger partial charge in [-0.2, -0.15) is 0 Å². The number of carbonyl (C=O) groups is 1. The first-order chi connectivity index (χ1) is 13.1. The van der Waals surface area contributed by atoms with E-state index in [0.717, 1.165) is 54.8 Å². The van der Waals surface area contributed by atoms with Crippen LogP contribution in [-0.2, 0) is 6.54 Å². The highest BCUT2D eigenvalue weighted by Crippen LogP contribution is 2.24. The van der Waals surface area contributed by atoms with Gasteiger partial charge in [-0.3, -0.25) is 4.79 Å². The van der Waals surface area contributed by atoms with E-state index in [0.29, 0.717) is 5.56 Å². The molecule has 2 aromatic heterocycles. The van der Waals surface area contributed by atoms with Gasteiger partial charge in [-0.15, -0.1) is 0 Å². The van der Waals surface area contributed by atoms with Crippen molar-refractivity contribution in [2.24, 2.45) is 0 Å². The number of imidazole rings is 1. The summed E-state index contributed by atoms with van der Waals surface area (Å²) < 4.78 is 2.08. The minimum atomic E-state index is 0.104. The summed E-state index contributed by atoms with van der Waals surface area (Å²) in [5.74, 6) is 0.104. The summed E-state index contributed by atoms with van der Waals surface area (Å²) in [6.45, 7) is 5.62. The van der Waals surface area contributed by atoms with Gasteiger partial charge in [0.05, 0.1) is 28.7 Å². The van der Waals surface area contributed by atoms with Crippen LogP contribution in [0, 0.1) is 13.8 Å². The second-order valence-electron chi connectivity index (χ2n) is 7.34. The van der Waals surface area contributed by atoms with Gasteiger partial charge in [0.15, 0.2) is 0 Å². The van der Waals surface area contributed by atoms with E-state index in [1.54, 1.807) is 6.20 Å². The Morgan fingerprint density at radius 3 is 2.74 bits per heavy atom. The zero-order valence-electron chi connectivity index (χ0n) is 15.9. The molecule has 1 atom stereocenters. The second-order valence-corrected chi connectivity index (χ2v) is 7.34. The minimum absolute atomic E-state index is 0.104. The number of aryl methyl sites for hydroxylation is 3. The van der Waals surface area contributed by atoms with Gasteiger partial charge in [-0.1, -0.05) is 0 Å². The third-order valence-corrected chi connectivity index (χ3v) is 5.49. The van der Waals surface area contributed by atoms with Crippen molar-refractivity contribution < 1.29 is 4.79 Å². The number of piperidine rings is 1. The molecule has 1 aliphatic heterocycles. The van der Waals surface area contributed by atoms with Crippen molar-refractivity contribution >= 4 is 16.9 Å². The molecule has 1 saturated heterocycles. The minimum Gasteiger partial charge on any atom is -0.337 e. The summed E-state index contributed by atoms with van der Waals surface area (Å²) >= 11 is 0. The van der Waals surface area contributed by atoms with Crippen molar-refractivity contribution in [3.8, 4) is 0 Å². The SMILES string of the molecule is Cc1nc2ccc(C(=O)N3CCCC[C@H]3CCn3ccnc3)cc2nc1C. The molecule has 3 aromatic rings. The Morgan fingerprint density at radius 1 is 1.15 bits per heavy atom. The molecule has 27 heavy (non-hydrogen) atoms. The highest BCUT2D eigenvalue weighted by Gasteiger charge is 2.27. The summed E-state index contributed by atoms with van der Waals surface area (Å²) in [7, 11) is 0. The van der Waals surface area contributed by atoms with E-state index in [-0.39, 0.29) is 11.9 Å². The van der Waals surface area contributed by atoms with Crippen LogP contribution >= 0.6 is 0 Å². The Labute approximate surface area is 159 Å². The van der Waals surface area contributed by atoms with E-state index < -0.39 is 0 Å². The Morgan fingerprint density at radius 2 is 1.96 bits per heavy atom. The maximum Gasteiger partial charge on any atom is 0.254 e. The first-order valence-electron chi connectivity index (χ1n) is 9.63. The quantitative estimate of drug-likeness (QED) is 0.711. The molecule has 1 amide bonds. The number of benzene rings is 1. The predicted molar refractivity (Wildman–Crippen MR) is 105 cm³/mol. The van der Waals surface area contributed by atoms with E-state index in [4.69, 9.17) is 0 Å². The molecule has 140 valence electrons. The van der Waals surface area contributed by atoms with Crippen LogP contribution in [0.15, 0.2) is 36.9 Å². The van der Waals surface area contributed by atoms with E-state index in [9.17, 15) is 4.79 Å². The number of carbonyl (C=O) groups excluding carboxylic acids is 1. The fraction of sp³-hybridized carbons (Fsp3) is 0.429. The van der Waals surface area contributed by atoms with Crippen LogP contribution in [0.1, 0.15) is 47.4 Å². The molecule has 3 heterocycles. The van der Waals surface area contributed by atoms with Crippen LogP contribution in [0.2, 0.25) is 0 Å². The molecule has 1 aromatic carbocycles. The molecule has 0 saturated carbocycles. The third kappa shape index (κ3) is 3.70. The lowest BCUT2D eigenvalue weighted by Crippen LogP contribution is -2.44. The van der Waals surface area contributed by atoms with Crippen molar-refractivity contribution in [3.05, 3.63) is 53.9 Å². The van der Waals surface area contributed by atoms with E-state index in [1.165, 1.54) is 6.42 Å². The summed E-state index contributed by atoms with van der Waals surface area (Å²) in [4.78, 5) is 28.6. The number of amides is 1. The lowest BCUT2D eigenvalue weighted by atomic mass is 9.98. The Balaban J connectivity index is 1.55. The lowest BCUT2D eigenvalue weighted by molar-refractivity contribution is 0.0595. The number of hydrogen-bond donors (Lipinski definition) is 0. The van der Waals surface area contributed by atoms with Gasteiger partial charge in [-0.25, -0.2) is 15.0 Å². The zero-order valence-corrected chi connectivity index (χ0v) is 15.9. The average molecular weight is 363 g/mol. The lowest BCUT2D eigenvalue weighted by Gasteiger charge is -2.36. The van der Waals surface area contributed by atoms with Gasteiger partial charge in [0.1, 0.15) is 0 Å². The van der Waals surface area contributed by atoms with Crippen molar-refractivity contribution in [2.75, 3.05) is 6.54 Å². The number of aromatic nitrogens is 4. The van der Waals surface area contributed by atoms with Crippen LogP contribution in [0.5, 0.6) is 0 Å². The number of likely N-dealkylation sites (tertiary alicyclic amines) is 1. The molecule has 0 aliphatic carbocycles. The average Bonchev–Trinajstić information content (AvgIpc) is 3.20. The van der Waals surface area contributed by atoms with Crippen molar-refractivity contribution in [2.45, 2.75) is 52.1 Å². The summed E-state index contributed by atoms with van der Waals surface area (Å²) in [6, 6.07) is 5.95. The van der Waals surface area contributed by atoms with Gasteiger partial charge in [-0.05, 0) is 57.7 Å². The van der Waals surface area contributed by atoms with Gasteiger partial charge in [0, 0.05) is 37.1 Å². The molecule has 6 nitrogen and oxygen atoms in total. The van der Waals surface area contributed by atoms with Gasteiger partial charge < -0.3 is 9.47 Å². The molecule has 0 unspecified atom stereocenters. The number of nitrogens with zero attached hydrogens (tertiary/aromatic N) is 5. The fourth-order valence-electron chi connectivity index (χ4n) is 3.81. The van der Waals surface area contributed by atoms with Crippen molar-refractivity contribution in [3.63, 3.8) is 0 Å². The predicted octanol–water partition coefficient (Wildman–Crippen LogP) is 3.53. The van der Waals surface area contributed by atoms with Crippen LogP contribution in [0.3, 0.4) is 0 Å². The Kier molecular flexibility index (Phi) is 4.88. The van der Waals surface area contributed by atoms with Crippen LogP contribution in [0.25, 0.3) is 11.0 Å². The van der Waals surface area contributed by atoms with Gasteiger partial charge in [0.2, 0.25) is 0 Å². The first-order valence-corrected chi connectivity index (χ1v) is 9.63. The molecule has 6 heteroatoms. The van der Waals surface area contributed by atoms with Gasteiger partial charge >= 0.3 is 0 Å². The highest BCUT2D eigenvalue weighted by molar-refractivity contribution is 5.97. The molecule has 0 radical (unpaired) electrons. The normalized spacial score (nSPS) is 17.4. The molecular formula is C21H25N5O. The van der Waals surface area contributed by atoms with Crippen molar-refractivity contribution in [1.82, 2.24) is 24.4 Å². The first kappa shape index (κ1) is 17.6. The van der Waals surface area contributed by atoms with Crippen LogP contribution in [0.4, 0.5) is 0 Å². The molecule has 4 rings (SSSR count). The molecule has 0 N–H and O–H groups in total. The fourth-order valence-corrected chi connectivity index (χ4v) is 3.81. The highest BCUT2D eigenvalue weighted by atomic mass is 16.2. The third-order valence-electron chi connectivity index (χ3n) is 5.49. The number of rotatable bonds is 4. The largest absolute Gasteiger partial charge is 0.337 e. The number of fused-ring (bicyclic) bond motifs is 1. The van der Waals surface area contributed by atoms with Crippen molar-refractivity contribution in [1.29, 1.82) is 0 Å². The van der Waals surface area contributed by atoms with E-state index in [1.807, 2.05) is 44.6 Å². The summed E-state index contributed by atoms with van der Waals surface area (Å²) in [5, 5.41) is 0. The monoisotopic (exact) mass is 363 g/mol. The van der Waals surface area contributed by atoms with E-state index >= 15 is 0 Å². The molecule has 1 fully saturated rings. The maximum absolute atomic E-state index is 13.2. The van der Waals surface area contributed by atoms with Gasteiger partial charge in [0.25, 0.3) is 5.91 Å². The molecular weight excluding hydrogens is 338 g/mol. The molecule has 0 bridgehead atoms. The Bertz CT molecular complexity index is 951. The van der Waals surface area contributed by atoms with Crippen LogP contribution < -0.4 is 0 Å².